The van der Waals surface area contributed by atoms with Crippen LogP contribution in [0.15, 0.2) is 30.5 Å². The average Bonchev–Trinajstić information content (AvgIpc) is 2.59. The van der Waals surface area contributed by atoms with Crippen LogP contribution in [0, 0.1) is 5.92 Å². The van der Waals surface area contributed by atoms with Crippen molar-refractivity contribution in [1.82, 2.24) is 9.97 Å². The lowest BCUT2D eigenvalue weighted by atomic mass is 10.0. The lowest BCUT2D eigenvalue weighted by Gasteiger charge is -2.14. The normalized spacial score (nSPS) is 10.8. The molecule has 2 aromatic heterocycles. The van der Waals surface area contributed by atoms with Crippen LogP contribution in [-0.2, 0) is 25.5 Å². The number of nitrogens with zero attached hydrogens (tertiary/aromatic N) is 2. The van der Waals surface area contributed by atoms with Gasteiger partial charge in [0.05, 0.1) is 13.2 Å². The summed E-state index contributed by atoms with van der Waals surface area (Å²) in [5.74, 6) is -1.92. The molecule has 0 fully saturated rings. The minimum absolute atomic E-state index is 0.243. The van der Waals surface area contributed by atoms with E-state index in [9.17, 15) is 9.59 Å². The Morgan fingerprint density at radius 1 is 1.08 bits per heavy atom. The molecule has 0 aliphatic rings. The zero-order valence-corrected chi connectivity index (χ0v) is 14.0. The van der Waals surface area contributed by atoms with Crippen molar-refractivity contribution in [3.63, 3.8) is 0 Å². The van der Waals surface area contributed by atoms with Crippen LogP contribution >= 0.6 is 0 Å². The van der Waals surface area contributed by atoms with Crippen LogP contribution in [0.5, 0.6) is 0 Å². The summed E-state index contributed by atoms with van der Waals surface area (Å²) in [5.41, 5.74) is 1.58. The van der Waals surface area contributed by atoms with Gasteiger partial charge in [0, 0.05) is 17.3 Å². The second kappa shape index (κ2) is 8.96. The number of carbonyl (C=O) groups is 2. The van der Waals surface area contributed by atoms with E-state index in [1.165, 1.54) is 0 Å². The van der Waals surface area contributed by atoms with E-state index in [0.29, 0.717) is 24.9 Å². The fourth-order valence-corrected chi connectivity index (χ4v) is 2.44. The van der Waals surface area contributed by atoms with Gasteiger partial charge in [0.25, 0.3) is 0 Å². The molecule has 0 unspecified atom stereocenters. The van der Waals surface area contributed by atoms with Crippen LogP contribution in [0.25, 0.3) is 11.0 Å². The van der Waals surface area contributed by atoms with Gasteiger partial charge in [-0.2, -0.15) is 0 Å². The highest BCUT2D eigenvalue weighted by Crippen LogP contribution is 2.16. The number of aromatic nitrogens is 2. The zero-order chi connectivity index (χ0) is 17.4. The summed E-state index contributed by atoms with van der Waals surface area (Å²) in [4.78, 5) is 32.6. The molecule has 0 aliphatic carbocycles. The van der Waals surface area contributed by atoms with Gasteiger partial charge in [0.15, 0.2) is 11.6 Å². The lowest BCUT2D eigenvalue weighted by Crippen LogP contribution is -2.28. The van der Waals surface area contributed by atoms with Gasteiger partial charge >= 0.3 is 11.9 Å². The minimum atomic E-state index is -0.872. The van der Waals surface area contributed by atoms with Crippen LogP contribution in [0.3, 0.4) is 0 Å². The van der Waals surface area contributed by atoms with E-state index in [1.807, 2.05) is 24.3 Å². The highest BCUT2D eigenvalue weighted by molar-refractivity contribution is 5.94. The lowest BCUT2D eigenvalue weighted by molar-refractivity contribution is -0.161. The number of carbonyl (C=O) groups excluding carboxylic acids is 2. The van der Waals surface area contributed by atoms with Gasteiger partial charge < -0.3 is 9.47 Å². The van der Waals surface area contributed by atoms with Gasteiger partial charge in [0.2, 0.25) is 0 Å². The molecule has 6 nitrogen and oxygen atoms in total. The second-order valence-corrected chi connectivity index (χ2v) is 5.30. The maximum atomic E-state index is 11.9. The van der Waals surface area contributed by atoms with Crippen molar-refractivity contribution in [2.24, 2.45) is 5.92 Å². The molecule has 2 heterocycles. The van der Waals surface area contributed by atoms with Crippen LogP contribution in [0.1, 0.15) is 32.4 Å². The molecule has 0 aromatic carbocycles. The summed E-state index contributed by atoms with van der Waals surface area (Å²) in [6, 6.07) is 7.73. The SMILES string of the molecule is CCOC(=O)C(CCCc1ccc2cccnc2n1)C(=O)OCC. The van der Waals surface area contributed by atoms with Crippen LogP contribution < -0.4 is 0 Å². The molecule has 6 heteroatoms. The Morgan fingerprint density at radius 3 is 2.46 bits per heavy atom. The molecule has 128 valence electrons. The Labute approximate surface area is 141 Å². The van der Waals surface area contributed by atoms with Crippen molar-refractivity contribution in [3.8, 4) is 0 Å². The number of aryl methyl sites for hydroxylation is 1. The quantitative estimate of drug-likeness (QED) is 0.547. The van der Waals surface area contributed by atoms with Crippen LogP contribution in [0.4, 0.5) is 0 Å². The first-order valence-corrected chi connectivity index (χ1v) is 8.19. The molecule has 0 atom stereocenters. The average molecular weight is 330 g/mol. The molecule has 0 aliphatic heterocycles. The largest absolute Gasteiger partial charge is 0.465 e. The minimum Gasteiger partial charge on any atom is -0.465 e. The molecule has 0 spiro atoms. The van der Waals surface area contributed by atoms with E-state index in [0.717, 1.165) is 11.1 Å². The summed E-state index contributed by atoms with van der Waals surface area (Å²) in [6.45, 7) is 3.91. The van der Waals surface area contributed by atoms with Gasteiger partial charge in [-0.05, 0) is 57.4 Å². The van der Waals surface area contributed by atoms with E-state index in [-0.39, 0.29) is 13.2 Å². The maximum absolute atomic E-state index is 11.9. The standard InChI is InChI=1S/C18H22N2O4/c1-3-23-17(21)15(18(22)24-4-2)9-5-8-14-11-10-13-7-6-12-19-16(13)20-14/h6-7,10-12,15H,3-5,8-9H2,1-2H3. The summed E-state index contributed by atoms with van der Waals surface area (Å²) < 4.78 is 9.93. The smallest absolute Gasteiger partial charge is 0.320 e. The number of pyridine rings is 2. The van der Waals surface area contributed by atoms with E-state index >= 15 is 0 Å². The van der Waals surface area contributed by atoms with E-state index in [1.54, 1.807) is 20.0 Å². The molecule has 2 rings (SSSR count). The predicted octanol–water partition coefficient (Wildman–Crippen LogP) is 2.69. The summed E-state index contributed by atoms with van der Waals surface area (Å²) in [6.07, 6.45) is 3.37. The number of fused-ring (bicyclic) bond motifs is 1. The molecule has 24 heavy (non-hydrogen) atoms. The van der Waals surface area contributed by atoms with E-state index < -0.39 is 17.9 Å². The van der Waals surface area contributed by atoms with Gasteiger partial charge in [-0.15, -0.1) is 0 Å². The highest BCUT2D eigenvalue weighted by Gasteiger charge is 2.28. The number of esters is 2. The molecule has 0 amide bonds. The van der Waals surface area contributed by atoms with E-state index in [2.05, 4.69) is 9.97 Å². The molecule has 0 N–H and O–H groups in total. The zero-order valence-electron chi connectivity index (χ0n) is 14.0. The molecule has 0 radical (unpaired) electrons. The number of rotatable bonds is 8. The predicted molar refractivity (Wildman–Crippen MR) is 89.2 cm³/mol. The Bertz CT molecular complexity index is 684. The van der Waals surface area contributed by atoms with Crippen molar-refractivity contribution in [1.29, 1.82) is 0 Å². The van der Waals surface area contributed by atoms with Crippen molar-refractivity contribution in [2.75, 3.05) is 13.2 Å². The number of hydrogen-bond acceptors (Lipinski definition) is 6. The third-order valence-electron chi connectivity index (χ3n) is 3.59. The van der Waals surface area contributed by atoms with Gasteiger partial charge in [-0.3, -0.25) is 9.59 Å². The number of hydrogen-bond donors (Lipinski definition) is 0. The summed E-state index contributed by atoms with van der Waals surface area (Å²) >= 11 is 0. The molecule has 2 aromatic rings. The Balaban J connectivity index is 1.97. The second-order valence-electron chi connectivity index (χ2n) is 5.30. The first-order valence-electron chi connectivity index (χ1n) is 8.19. The van der Waals surface area contributed by atoms with Crippen LogP contribution in [-0.4, -0.2) is 35.1 Å². The third kappa shape index (κ3) is 4.75. The molecule has 0 saturated heterocycles. The van der Waals surface area contributed by atoms with E-state index in [4.69, 9.17) is 9.47 Å². The maximum Gasteiger partial charge on any atom is 0.320 e. The van der Waals surface area contributed by atoms with Gasteiger partial charge in [-0.1, -0.05) is 0 Å². The van der Waals surface area contributed by atoms with Gasteiger partial charge in [-0.25, -0.2) is 9.97 Å². The highest BCUT2D eigenvalue weighted by atomic mass is 16.6. The van der Waals surface area contributed by atoms with Gasteiger partial charge in [0.1, 0.15) is 0 Å². The third-order valence-corrected chi connectivity index (χ3v) is 3.59. The first kappa shape index (κ1) is 17.8. The monoisotopic (exact) mass is 330 g/mol. The summed E-state index contributed by atoms with van der Waals surface area (Å²) in [5, 5.41) is 0.983. The Kier molecular flexibility index (Phi) is 6.66. The Morgan fingerprint density at radius 2 is 1.79 bits per heavy atom. The Hall–Kier alpha value is -2.50. The topological polar surface area (TPSA) is 78.4 Å². The number of ether oxygens (including phenoxy) is 2. The molecule has 0 bridgehead atoms. The first-order chi connectivity index (χ1) is 11.7. The van der Waals surface area contributed by atoms with Crippen molar-refractivity contribution < 1.29 is 19.1 Å². The fourth-order valence-electron chi connectivity index (χ4n) is 2.44. The van der Waals surface area contributed by atoms with Crippen LogP contribution in [0.2, 0.25) is 0 Å². The van der Waals surface area contributed by atoms with Crippen molar-refractivity contribution in [3.05, 3.63) is 36.2 Å². The fraction of sp³-hybridized carbons (Fsp3) is 0.444. The summed E-state index contributed by atoms with van der Waals surface area (Å²) in [7, 11) is 0. The molecular formula is C18H22N2O4. The molecule has 0 saturated carbocycles. The van der Waals surface area contributed by atoms with Crippen molar-refractivity contribution in [2.45, 2.75) is 33.1 Å². The molecular weight excluding hydrogens is 308 g/mol. The van der Waals surface area contributed by atoms with Crippen molar-refractivity contribution >= 4 is 23.0 Å².